The molecule has 0 atom stereocenters. The van der Waals surface area contributed by atoms with Gasteiger partial charge in [-0.2, -0.15) is 4.98 Å². The number of hydrogen-bond donors (Lipinski definition) is 0. The largest absolute Gasteiger partial charge is 0.423 e. The van der Waals surface area contributed by atoms with Crippen molar-refractivity contribution in [1.29, 1.82) is 0 Å². The average Bonchev–Trinajstić information content (AvgIpc) is 2.47. The highest BCUT2D eigenvalue weighted by molar-refractivity contribution is 9.13. The van der Waals surface area contributed by atoms with E-state index in [9.17, 15) is 0 Å². The van der Waals surface area contributed by atoms with Gasteiger partial charge in [-0.1, -0.05) is 18.2 Å². The Bertz CT molecular complexity index is 410. The van der Waals surface area contributed by atoms with Crippen molar-refractivity contribution in [3.63, 3.8) is 0 Å². The topological polar surface area (TPSA) is 26.0 Å². The molecular weight excluding hydrogens is 330 g/mol. The van der Waals surface area contributed by atoms with E-state index >= 15 is 0 Å². The number of hydrogen-bond acceptors (Lipinski definition) is 3. The van der Waals surface area contributed by atoms with Crippen molar-refractivity contribution in [1.82, 2.24) is 4.98 Å². The van der Waals surface area contributed by atoms with Gasteiger partial charge in [-0.15, -0.1) is 0 Å². The second-order valence-corrected chi connectivity index (χ2v) is 4.96. The standard InChI is InChI=1S/C9H5Br2NOS/c10-7-8(11)13-9(12-7)14-6-4-2-1-3-5-6/h1-5H. The molecule has 0 bridgehead atoms. The fraction of sp³-hybridized carbons (Fsp3) is 0. The average molecular weight is 335 g/mol. The van der Waals surface area contributed by atoms with Gasteiger partial charge in [0.15, 0.2) is 4.60 Å². The van der Waals surface area contributed by atoms with Gasteiger partial charge < -0.3 is 4.42 Å². The molecule has 5 heteroatoms. The van der Waals surface area contributed by atoms with Gasteiger partial charge in [0.05, 0.1) is 0 Å². The molecule has 1 aromatic carbocycles. The van der Waals surface area contributed by atoms with E-state index in [1.165, 1.54) is 11.8 Å². The van der Waals surface area contributed by atoms with Gasteiger partial charge in [-0.25, -0.2) is 0 Å². The lowest BCUT2D eigenvalue weighted by Gasteiger charge is -1.93. The van der Waals surface area contributed by atoms with Crippen molar-refractivity contribution in [2.75, 3.05) is 0 Å². The highest BCUT2D eigenvalue weighted by atomic mass is 79.9. The van der Waals surface area contributed by atoms with E-state index in [1.807, 2.05) is 30.3 Å². The van der Waals surface area contributed by atoms with E-state index < -0.39 is 0 Å². The summed E-state index contributed by atoms with van der Waals surface area (Å²) in [6.45, 7) is 0. The molecule has 0 amide bonds. The zero-order chi connectivity index (χ0) is 9.97. The molecule has 0 spiro atoms. The van der Waals surface area contributed by atoms with Crippen molar-refractivity contribution in [2.45, 2.75) is 10.1 Å². The van der Waals surface area contributed by atoms with Crippen LogP contribution in [0.25, 0.3) is 0 Å². The summed E-state index contributed by atoms with van der Waals surface area (Å²) >= 11 is 7.99. The van der Waals surface area contributed by atoms with E-state index in [-0.39, 0.29) is 0 Å². The van der Waals surface area contributed by atoms with Gasteiger partial charge in [-0.3, -0.25) is 0 Å². The third kappa shape index (κ3) is 2.40. The van der Waals surface area contributed by atoms with E-state index in [0.29, 0.717) is 14.5 Å². The molecule has 0 fully saturated rings. The van der Waals surface area contributed by atoms with E-state index in [4.69, 9.17) is 4.42 Å². The minimum atomic E-state index is 0.620. The Morgan fingerprint density at radius 1 is 1.14 bits per heavy atom. The molecule has 0 saturated heterocycles. The molecule has 0 radical (unpaired) electrons. The Morgan fingerprint density at radius 3 is 2.43 bits per heavy atom. The number of rotatable bonds is 2. The van der Waals surface area contributed by atoms with Crippen LogP contribution < -0.4 is 0 Å². The Hall–Kier alpha value is -0.260. The SMILES string of the molecule is Brc1nc(Sc2ccccc2)oc1Br. The quantitative estimate of drug-likeness (QED) is 0.816. The summed E-state index contributed by atoms with van der Waals surface area (Å²) in [5, 5.41) is 0.620. The molecule has 2 aromatic rings. The minimum absolute atomic E-state index is 0.620. The van der Waals surface area contributed by atoms with Gasteiger partial charge >= 0.3 is 0 Å². The summed E-state index contributed by atoms with van der Waals surface area (Å²) in [5.74, 6) is 0. The maximum Gasteiger partial charge on any atom is 0.262 e. The predicted octanol–water partition coefficient (Wildman–Crippen LogP) is 4.35. The van der Waals surface area contributed by atoms with Gasteiger partial charge in [0.25, 0.3) is 5.22 Å². The minimum Gasteiger partial charge on any atom is -0.423 e. The number of oxazole rings is 1. The zero-order valence-corrected chi connectivity index (χ0v) is 10.9. The maximum atomic E-state index is 5.34. The lowest BCUT2D eigenvalue weighted by molar-refractivity contribution is 0.434. The molecule has 0 aliphatic carbocycles. The number of aromatic nitrogens is 1. The molecule has 0 N–H and O–H groups in total. The maximum absolute atomic E-state index is 5.34. The molecule has 0 unspecified atom stereocenters. The Morgan fingerprint density at radius 2 is 1.86 bits per heavy atom. The fourth-order valence-electron chi connectivity index (χ4n) is 0.899. The first-order valence-corrected chi connectivity index (χ1v) is 6.20. The van der Waals surface area contributed by atoms with Crippen LogP contribution in [0.15, 0.2) is 54.1 Å². The van der Waals surface area contributed by atoms with Crippen LogP contribution in [-0.2, 0) is 0 Å². The molecule has 14 heavy (non-hydrogen) atoms. The molecule has 1 aromatic heterocycles. The smallest absolute Gasteiger partial charge is 0.262 e. The Labute approximate surface area is 102 Å². The fourth-order valence-corrected chi connectivity index (χ4v) is 2.36. The van der Waals surface area contributed by atoms with Crippen LogP contribution in [0.3, 0.4) is 0 Å². The van der Waals surface area contributed by atoms with Gasteiger partial charge in [-0.05, 0) is 55.8 Å². The van der Waals surface area contributed by atoms with Crippen molar-refractivity contribution < 1.29 is 4.42 Å². The summed E-state index contributed by atoms with van der Waals surface area (Å²) in [4.78, 5) is 5.28. The molecule has 2 rings (SSSR count). The van der Waals surface area contributed by atoms with Gasteiger partial charge in [0.2, 0.25) is 4.67 Å². The summed E-state index contributed by atoms with van der Waals surface area (Å²) in [5.41, 5.74) is 0. The normalized spacial score (nSPS) is 10.4. The van der Waals surface area contributed by atoms with Crippen LogP contribution in [0.5, 0.6) is 0 Å². The summed E-state index contributed by atoms with van der Waals surface area (Å²) < 4.78 is 6.65. The van der Waals surface area contributed by atoms with Crippen LogP contribution in [0.1, 0.15) is 0 Å². The van der Waals surface area contributed by atoms with Crippen LogP contribution in [0.4, 0.5) is 0 Å². The first-order chi connectivity index (χ1) is 6.75. The van der Waals surface area contributed by atoms with Crippen molar-refractivity contribution in [3.8, 4) is 0 Å². The molecular formula is C9H5Br2NOS. The Balaban J connectivity index is 2.19. The highest BCUT2D eigenvalue weighted by Gasteiger charge is 2.08. The van der Waals surface area contributed by atoms with Crippen molar-refractivity contribution in [3.05, 3.63) is 39.6 Å². The third-order valence-corrected chi connectivity index (χ3v) is 3.94. The second-order valence-electron chi connectivity index (χ2n) is 2.46. The zero-order valence-electron chi connectivity index (χ0n) is 6.91. The molecule has 72 valence electrons. The third-order valence-electron chi connectivity index (χ3n) is 1.48. The van der Waals surface area contributed by atoms with Gasteiger partial charge in [0, 0.05) is 4.90 Å². The van der Waals surface area contributed by atoms with Crippen molar-refractivity contribution in [2.24, 2.45) is 0 Å². The molecule has 2 nitrogen and oxygen atoms in total. The monoisotopic (exact) mass is 333 g/mol. The lowest BCUT2D eigenvalue weighted by Crippen LogP contribution is -1.71. The van der Waals surface area contributed by atoms with Crippen LogP contribution >= 0.6 is 43.6 Å². The first kappa shape index (κ1) is 10.3. The molecule has 0 aliphatic rings. The second kappa shape index (κ2) is 4.51. The van der Waals surface area contributed by atoms with Gasteiger partial charge in [0.1, 0.15) is 0 Å². The van der Waals surface area contributed by atoms with Crippen LogP contribution in [0.2, 0.25) is 0 Å². The summed E-state index contributed by atoms with van der Waals surface area (Å²) in [6, 6.07) is 9.96. The number of nitrogens with zero attached hydrogens (tertiary/aromatic N) is 1. The van der Waals surface area contributed by atoms with Crippen LogP contribution in [0, 0.1) is 0 Å². The highest BCUT2D eigenvalue weighted by Crippen LogP contribution is 2.32. The van der Waals surface area contributed by atoms with Crippen molar-refractivity contribution >= 4 is 43.6 Å². The van der Waals surface area contributed by atoms with E-state index in [1.54, 1.807) is 0 Å². The van der Waals surface area contributed by atoms with E-state index in [0.717, 1.165) is 4.90 Å². The summed E-state index contributed by atoms with van der Waals surface area (Å²) in [7, 11) is 0. The molecule has 1 heterocycles. The Kier molecular flexibility index (Phi) is 3.30. The molecule has 0 aliphatic heterocycles. The predicted molar refractivity (Wildman–Crippen MR) is 62.5 cm³/mol. The lowest BCUT2D eigenvalue weighted by atomic mass is 10.4. The number of halogens is 2. The summed E-state index contributed by atoms with van der Waals surface area (Å²) in [6.07, 6.45) is 0. The molecule has 0 saturated carbocycles. The van der Waals surface area contributed by atoms with Crippen LogP contribution in [-0.4, -0.2) is 4.98 Å². The number of benzene rings is 1. The van der Waals surface area contributed by atoms with E-state index in [2.05, 4.69) is 36.8 Å². The first-order valence-electron chi connectivity index (χ1n) is 3.80.